The van der Waals surface area contributed by atoms with Gasteiger partial charge in [-0.3, -0.25) is 4.98 Å². The van der Waals surface area contributed by atoms with Gasteiger partial charge in [-0.2, -0.15) is 0 Å². The van der Waals surface area contributed by atoms with Gasteiger partial charge in [0.15, 0.2) is 0 Å². The number of nitrogens with two attached hydrogens (primary N) is 1. The summed E-state index contributed by atoms with van der Waals surface area (Å²) in [5.41, 5.74) is 9.55. The molecule has 0 aromatic carbocycles. The molecule has 0 spiro atoms. The molecule has 0 aliphatic rings. The fourth-order valence-corrected chi connectivity index (χ4v) is 2.04. The van der Waals surface area contributed by atoms with Crippen LogP contribution in [-0.4, -0.2) is 4.98 Å². The highest BCUT2D eigenvalue weighted by Gasteiger charge is 2.09. The maximum atomic E-state index is 6.19. The van der Waals surface area contributed by atoms with Gasteiger partial charge < -0.3 is 5.73 Å². The maximum Gasteiger partial charge on any atom is 0.0423 e. The van der Waals surface area contributed by atoms with Gasteiger partial charge in [0.05, 0.1) is 0 Å². The summed E-state index contributed by atoms with van der Waals surface area (Å²) in [5, 5.41) is 0. The molecule has 0 aliphatic heterocycles. The Kier molecular flexibility index (Phi) is 5.47. The molecule has 0 radical (unpaired) electrons. The third-order valence-corrected chi connectivity index (χ3v) is 3.03. The van der Waals surface area contributed by atoms with Crippen LogP contribution >= 0.6 is 0 Å². The molecule has 1 heterocycles. The first-order valence-electron chi connectivity index (χ1n) is 6.35. The lowest BCUT2D eigenvalue weighted by Gasteiger charge is -2.14. The Bertz CT molecular complexity index is 321. The second-order valence-electron chi connectivity index (χ2n) is 4.58. The largest absolute Gasteiger partial charge is 0.324 e. The lowest BCUT2D eigenvalue weighted by molar-refractivity contribution is 0.563. The molecule has 0 amide bonds. The summed E-state index contributed by atoms with van der Waals surface area (Å²) in [6, 6.07) is 4.33. The lowest BCUT2D eigenvalue weighted by Crippen LogP contribution is -2.12. The van der Waals surface area contributed by atoms with E-state index in [9.17, 15) is 0 Å². The van der Waals surface area contributed by atoms with E-state index in [1.54, 1.807) is 0 Å². The second-order valence-corrected chi connectivity index (χ2v) is 4.58. The van der Waals surface area contributed by atoms with E-state index >= 15 is 0 Å². The van der Waals surface area contributed by atoms with E-state index in [1.807, 2.05) is 19.9 Å². The van der Waals surface area contributed by atoms with Gasteiger partial charge in [-0.1, -0.05) is 38.7 Å². The molecule has 0 saturated heterocycles. The summed E-state index contributed by atoms with van der Waals surface area (Å²) in [7, 11) is 0. The number of pyridine rings is 1. The highest BCUT2D eigenvalue weighted by molar-refractivity contribution is 5.24. The van der Waals surface area contributed by atoms with Crippen LogP contribution < -0.4 is 5.73 Å². The quantitative estimate of drug-likeness (QED) is 0.743. The lowest BCUT2D eigenvalue weighted by atomic mass is 9.99. The Morgan fingerprint density at radius 1 is 1.19 bits per heavy atom. The van der Waals surface area contributed by atoms with Crippen LogP contribution in [0, 0.1) is 13.8 Å². The minimum absolute atomic E-state index is 0.157. The summed E-state index contributed by atoms with van der Waals surface area (Å²) in [5.74, 6) is 0. The Labute approximate surface area is 99.3 Å². The Hall–Kier alpha value is -0.890. The standard InChI is InChI=1S/C14H24N2/c1-4-5-6-7-8-14(15)13-10-9-11(2)16-12(13)3/h9-10,14H,4-8,15H2,1-3H3. The molecule has 1 rings (SSSR count). The van der Waals surface area contributed by atoms with Crippen LogP contribution in [0.3, 0.4) is 0 Å². The van der Waals surface area contributed by atoms with Gasteiger partial charge in [0.2, 0.25) is 0 Å². The molecule has 0 saturated carbocycles. The van der Waals surface area contributed by atoms with E-state index in [1.165, 1.54) is 31.2 Å². The van der Waals surface area contributed by atoms with Crippen LogP contribution in [0.4, 0.5) is 0 Å². The van der Waals surface area contributed by atoms with Crippen molar-refractivity contribution in [3.05, 3.63) is 29.1 Å². The van der Waals surface area contributed by atoms with Crippen LogP contribution in [0.2, 0.25) is 0 Å². The van der Waals surface area contributed by atoms with Crippen molar-refractivity contribution in [2.75, 3.05) is 0 Å². The van der Waals surface area contributed by atoms with Gasteiger partial charge >= 0.3 is 0 Å². The van der Waals surface area contributed by atoms with Crippen molar-refractivity contribution in [2.24, 2.45) is 5.73 Å². The third-order valence-electron chi connectivity index (χ3n) is 3.03. The Balaban J connectivity index is 2.49. The first kappa shape index (κ1) is 13.2. The SMILES string of the molecule is CCCCCCC(N)c1ccc(C)nc1C. The molecule has 0 bridgehead atoms. The number of unbranched alkanes of at least 4 members (excludes halogenated alkanes) is 3. The fourth-order valence-electron chi connectivity index (χ4n) is 2.04. The average Bonchev–Trinajstić information content (AvgIpc) is 2.24. The van der Waals surface area contributed by atoms with Crippen molar-refractivity contribution < 1.29 is 0 Å². The van der Waals surface area contributed by atoms with Gasteiger partial charge in [0.25, 0.3) is 0 Å². The van der Waals surface area contributed by atoms with Crippen molar-refractivity contribution in [1.82, 2.24) is 4.98 Å². The molecular weight excluding hydrogens is 196 g/mol. The van der Waals surface area contributed by atoms with Crippen LogP contribution in [0.5, 0.6) is 0 Å². The summed E-state index contributed by atoms with van der Waals surface area (Å²) in [4.78, 5) is 4.46. The third kappa shape index (κ3) is 3.93. The highest BCUT2D eigenvalue weighted by Crippen LogP contribution is 2.20. The second kappa shape index (κ2) is 6.64. The normalized spacial score (nSPS) is 12.8. The predicted molar refractivity (Wildman–Crippen MR) is 69.4 cm³/mol. The average molecular weight is 220 g/mol. The van der Waals surface area contributed by atoms with Gasteiger partial charge in [-0.05, 0) is 31.9 Å². The van der Waals surface area contributed by atoms with Crippen LogP contribution in [0.1, 0.15) is 62.0 Å². The highest BCUT2D eigenvalue weighted by atomic mass is 14.7. The zero-order valence-electron chi connectivity index (χ0n) is 10.8. The molecule has 1 aromatic heterocycles. The molecule has 2 heteroatoms. The first-order valence-corrected chi connectivity index (χ1v) is 6.35. The van der Waals surface area contributed by atoms with Gasteiger partial charge in [-0.25, -0.2) is 0 Å². The van der Waals surface area contributed by atoms with Crippen molar-refractivity contribution in [1.29, 1.82) is 0 Å². The Morgan fingerprint density at radius 3 is 2.56 bits per heavy atom. The van der Waals surface area contributed by atoms with Gasteiger partial charge in [0, 0.05) is 17.4 Å². The van der Waals surface area contributed by atoms with Crippen molar-refractivity contribution in [2.45, 2.75) is 58.9 Å². The number of hydrogen-bond acceptors (Lipinski definition) is 2. The minimum atomic E-state index is 0.157. The molecule has 90 valence electrons. The maximum absolute atomic E-state index is 6.19. The zero-order valence-corrected chi connectivity index (χ0v) is 10.8. The Morgan fingerprint density at radius 2 is 1.94 bits per heavy atom. The first-order chi connectivity index (χ1) is 7.65. The number of aryl methyl sites for hydroxylation is 2. The molecule has 16 heavy (non-hydrogen) atoms. The van der Waals surface area contributed by atoms with E-state index in [4.69, 9.17) is 5.73 Å². The zero-order chi connectivity index (χ0) is 12.0. The molecule has 0 fully saturated rings. The summed E-state index contributed by atoms with van der Waals surface area (Å²) in [6.07, 6.45) is 6.19. The fraction of sp³-hybridized carbons (Fsp3) is 0.643. The van der Waals surface area contributed by atoms with Gasteiger partial charge in [0.1, 0.15) is 0 Å². The van der Waals surface area contributed by atoms with E-state index in [-0.39, 0.29) is 6.04 Å². The molecular formula is C14H24N2. The van der Waals surface area contributed by atoms with Gasteiger partial charge in [-0.15, -0.1) is 0 Å². The molecule has 1 atom stereocenters. The van der Waals surface area contributed by atoms with Crippen LogP contribution in [0.15, 0.2) is 12.1 Å². The monoisotopic (exact) mass is 220 g/mol. The van der Waals surface area contributed by atoms with E-state index in [2.05, 4.69) is 18.0 Å². The molecule has 2 N–H and O–H groups in total. The van der Waals surface area contributed by atoms with Crippen LogP contribution in [0.25, 0.3) is 0 Å². The van der Waals surface area contributed by atoms with Crippen molar-refractivity contribution >= 4 is 0 Å². The van der Waals surface area contributed by atoms with E-state index in [0.717, 1.165) is 17.8 Å². The smallest absolute Gasteiger partial charge is 0.0423 e. The number of aromatic nitrogens is 1. The topological polar surface area (TPSA) is 38.9 Å². The predicted octanol–water partition coefficient (Wildman–Crippen LogP) is 3.67. The molecule has 1 aromatic rings. The van der Waals surface area contributed by atoms with Crippen molar-refractivity contribution in [3.63, 3.8) is 0 Å². The molecule has 2 nitrogen and oxygen atoms in total. The summed E-state index contributed by atoms with van der Waals surface area (Å²) in [6.45, 7) is 6.30. The number of nitrogens with zero attached hydrogens (tertiary/aromatic N) is 1. The number of hydrogen-bond donors (Lipinski definition) is 1. The molecule has 0 aliphatic carbocycles. The summed E-state index contributed by atoms with van der Waals surface area (Å²) < 4.78 is 0. The van der Waals surface area contributed by atoms with Crippen LogP contribution in [-0.2, 0) is 0 Å². The van der Waals surface area contributed by atoms with E-state index in [0.29, 0.717) is 0 Å². The molecule has 1 unspecified atom stereocenters. The number of rotatable bonds is 6. The minimum Gasteiger partial charge on any atom is -0.324 e. The van der Waals surface area contributed by atoms with E-state index < -0.39 is 0 Å². The summed E-state index contributed by atoms with van der Waals surface area (Å²) >= 11 is 0. The van der Waals surface area contributed by atoms with Crippen molar-refractivity contribution in [3.8, 4) is 0 Å².